The van der Waals surface area contributed by atoms with Crippen LogP contribution in [0.4, 0.5) is 0 Å². The van der Waals surface area contributed by atoms with E-state index >= 15 is 0 Å². The standard InChI is InChI=1S/C19H20BrNO3/c1-21(19(22)10-9-14-5-4-6-15(20)11-14)12-16-13-23-17-7-2-3-8-18(17)24-16/h2-8,11,16H,9-10,12-13H2,1H3. The molecule has 1 atom stereocenters. The van der Waals surface area contributed by atoms with E-state index in [1.54, 1.807) is 4.90 Å². The van der Waals surface area contributed by atoms with Crippen molar-refractivity contribution < 1.29 is 14.3 Å². The van der Waals surface area contributed by atoms with Crippen molar-refractivity contribution in [1.29, 1.82) is 0 Å². The molecule has 0 saturated carbocycles. The molecule has 0 N–H and O–H groups in total. The van der Waals surface area contributed by atoms with Crippen LogP contribution >= 0.6 is 15.9 Å². The number of hydrogen-bond acceptors (Lipinski definition) is 3. The predicted molar refractivity (Wildman–Crippen MR) is 96.5 cm³/mol. The van der Waals surface area contributed by atoms with Crippen LogP contribution in [-0.2, 0) is 11.2 Å². The van der Waals surface area contributed by atoms with Gasteiger partial charge in [-0.3, -0.25) is 4.79 Å². The molecule has 1 amide bonds. The summed E-state index contributed by atoms with van der Waals surface area (Å²) in [5.74, 6) is 1.61. The molecule has 1 aliphatic rings. The average molecular weight is 390 g/mol. The lowest BCUT2D eigenvalue weighted by atomic mass is 10.1. The minimum atomic E-state index is -0.139. The third kappa shape index (κ3) is 4.29. The molecule has 4 nitrogen and oxygen atoms in total. The summed E-state index contributed by atoms with van der Waals surface area (Å²) >= 11 is 3.45. The van der Waals surface area contributed by atoms with Crippen LogP contribution in [0, 0.1) is 0 Å². The van der Waals surface area contributed by atoms with Gasteiger partial charge < -0.3 is 14.4 Å². The molecule has 1 unspecified atom stereocenters. The van der Waals surface area contributed by atoms with E-state index in [4.69, 9.17) is 9.47 Å². The van der Waals surface area contributed by atoms with Gasteiger partial charge in [-0.25, -0.2) is 0 Å². The van der Waals surface area contributed by atoms with Crippen molar-refractivity contribution in [2.24, 2.45) is 0 Å². The van der Waals surface area contributed by atoms with Gasteiger partial charge >= 0.3 is 0 Å². The summed E-state index contributed by atoms with van der Waals surface area (Å²) in [7, 11) is 1.81. The Balaban J connectivity index is 1.50. The second-order valence-corrected chi connectivity index (χ2v) is 6.82. The van der Waals surface area contributed by atoms with E-state index < -0.39 is 0 Å². The Morgan fingerprint density at radius 1 is 1.21 bits per heavy atom. The van der Waals surface area contributed by atoms with Gasteiger partial charge in [0.25, 0.3) is 0 Å². The number of nitrogens with zero attached hydrogens (tertiary/aromatic N) is 1. The number of aryl methyl sites for hydroxylation is 1. The van der Waals surface area contributed by atoms with E-state index in [1.807, 2.05) is 55.6 Å². The van der Waals surface area contributed by atoms with E-state index in [1.165, 1.54) is 0 Å². The number of amides is 1. The van der Waals surface area contributed by atoms with Crippen LogP contribution in [0.25, 0.3) is 0 Å². The monoisotopic (exact) mass is 389 g/mol. The second-order valence-electron chi connectivity index (χ2n) is 5.90. The molecule has 126 valence electrons. The molecule has 5 heteroatoms. The van der Waals surface area contributed by atoms with Gasteiger partial charge in [-0.1, -0.05) is 40.2 Å². The van der Waals surface area contributed by atoms with E-state index in [-0.39, 0.29) is 12.0 Å². The maximum absolute atomic E-state index is 12.3. The number of halogens is 1. The van der Waals surface area contributed by atoms with Crippen LogP contribution in [-0.4, -0.2) is 37.1 Å². The first-order valence-electron chi connectivity index (χ1n) is 7.99. The zero-order valence-electron chi connectivity index (χ0n) is 13.6. The molecule has 3 rings (SSSR count). The Bertz CT molecular complexity index is 719. The molecule has 0 aliphatic carbocycles. The van der Waals surface area contributed by atoms with Crippen molar-refractivity contribution >= 4 is 21.8 Å². The third-order valence-electron chi connectivity index (χ3n) is 3.99. The maximum atomic E-state index is 12.3. The molecular formula is C19H20BrNO3. The largest absolute Gasteiger partial charge is 0.486 e. The molecule has 0 fully saturated rings. The number of hydrogen-bond donors (Lipinski definition) is 0. The quantitative estimate of drug-likeness (QED) is 0.782. The summed E-state index contributed by atoms with van der Waals surface area (Å²) in [6.45, 7) is 0.978. The highest BCUT2D eigenvalue weighted by atomic mass is 79.9. The van der Waals surface area contributed by atoms with E-state index in [0.29, 0.717) is 19.6 Å². The smallest absolute Gasteiger partial charge is 0.222 e. The fraction of sp³-hybridized carbons (Fsp3) is 0.316. The van der Waals surface area contributed by atoms with Crippen molar-refractivity contribution in [2.75, 3.05) is 20.2 Å². The van der Waals surface area contributed by atoms with Crippen molar-refractivity contribution in [2.45, 2.75) is 18.9 Å². The predicted octanol–water partition coefficient (Wildman–Crippen LogP) is 3.68. The number of para-hydroxylation sites is 2. The van der Waals surface area contributed by atoms with Crippen molar-refractivity contribution in [1.82, 2.24) is 4.90 Å². The normalized spacial score (nSPS) is 15.8. The molecular weight excluding hydrogens is 370 g/mol. The summed E-state index contributed by atoms with van der Waals surface area (Å²) in [6.07, 6.45) is 1.07. The molecule has 24 heavy (non-hydrogen) atoms. The van der Waals surface area contributed by atoms with Crippen LogP contribution < -0.4 is 9.47 Å². The summed E-state index contributed by atoms with van der Waals surface area (Å²) in [5, 5.41) is 0. The molecule has 2 aromatic rings. The highest BCUT2D eigenvalue weighted by Crippen LogP contribution is 2.30. The Kier molecular flexibility index (Phi) is 5.41. The number of fused-ring (bicyclic) bond motifs is 1. The van der Waals surface area contributed by atoms with E-state index in [0.717, 1.165) is 28.0 Å². The van der Waals surface area contributed by atoms with Gasteiger partial charge in [0.2, 0.25) is 5.91 Å². The summed E-state index contributed by atoms with van der Waals surface area (Å²) in [5.41, 5.74) is 1.15. The molecule has 1 aliphatic heterocycles. The first kappa shape index (κ1) is 16.8. The molecule has 0 saturated heterocycles. The number of carbonyl (C=O) groups is 1. The van der Waals surface area contributed by atoms with Gasteiger partial charge in [-0.15, -0.1) is 0 Å². The highest BCUT2D eigenvalue weighted by molar-refractivity contribution is 9.10. The lowest BCUT2D eigenvalue weighted by Crippen LogP contribution is -2.41. The van der Waals surface area contributed by atoms with Crippen molar-refractivity contribution in [3.05, 3.63) is 58.6 Å². The van der Waals surface area contributed by atoms with Crippen LogP contribution in [0.15, 0.2) is 53.0 Å². The highest BCUT2D eigenvalue weighted by Gasteiger charge is 2.23. The summed E-state index contributed by atoms with van der Waals surface area (Å²) < 4.78 is 12.6. The minimum absolute atomic E-state index is 0.109. The number of benzene rings is 2. The molecule has 2 aromatic carbocycles. The molecule has 0 radical (unpaired) electrons. The molecule has 1 heterocycles. The Hall–Kier alpha value is -2.01. The zero-order chi connectivity index (χ0) is 16.9. The molecule has 0 spiro atoms. The minimum Gasteiger partial charge on any atom is -0.486 e. The molecule has 0 bridgehead atoms. The number of likely N-dealkylation sites (N-methyl/N-ethyl adjacent to an activating group) is 1. The maximum Gasteiger partial charge on any atom is 0.222 e. The van der Waals surface area contributed by atoms with Gasteiger partial charge in [-0.05, 0) is 36.2 Å². The zero-order valence-corrected chi connectivity index (χ0v) is 15.2. The summed E-state index contributed by atoms with van der Waals surface area (Å²) in [4.78, 5) is 14.1. The van der Waals surface area contributed by atoms with Gasteiger partial charge in [0.1, 0.15) is 6.61 Å². The first-order chi connectivity index (χ1) is 11.6. The van der Waals surface area contributed by atoms with Crippen LogP contribution in [0.2, 0.25) is 0 Å². The van der Waals surface area contributed by atoms with E-state index in [2.05, 4.69) is 15.9 Å². The first-order valence-corrected chi connectivity index (χ1v) is 8.78. The number of carbonyl (C=O) groups excluding carboxylic acids is 1. The lowest BCUT2D eigenvalue weighted by molar-refractivity contribution is -0.131. The van der Waals surface area contributed by atoms with Crippen LogP contribution in [0.3, 0.4) is 0 Å². The fourth-order valence-corrected chi connectivity index (χ4v) is 3.14. The Morgan fingerprint density at radius 3 is 2.79 bits per heavy atom. The summed E-state index contributed by atoms with van der Waals surface area (Å²) in [6, 6.07) is 15.6. The number of ether oxygens (including phenoxy) is 2. The van der Waals surface area contributed by atoms with E-state index in [9.17, 15) is 4.79 Å². The second kappa shape index (κ2) is 7.71. The van der Waals surface area contributed by atoms with Gasteiger partial charge in [-0.2, -0.15) is 0 Å². The van der Waals surface area contributed by atoms with Gasteiger partial charge in [0.05, 0.1) is 6.54 Å². The van der Waals surface area contributed by atoms with Crippen LogP contribution in [0.5, 0.6) is 11.5 Å². The Labute approximate surface area is 150 Å². The topological polar surface area (TPSA) is 38.8 Å². The third-order valence-corrected chi connectivity index (χ3v) is 4.48. The SMILES string of the molecule is CN(CC1COc2ccccc2O1)C(=O)CCc1cccc(Br)c1. The number of rotatable bonds is 5. The fourth-order valence-electron chi connectivity index (χ4n) is 2.69. The Morgan fingerprint density at radius 2 is 2.00 bits per heavy atom. The van der Waals surface area contributed by atoms with Crippen molar-refractivity contribution in [3.8, 4) is 11.5 Å². The molecule has 0 aromatic heterocycles. The van der Waals surface area contributed by atoms with Gasteiger partial charge in [0.15, 0.2) is 17.6 Å². The lowest BCUT2D eigenvalue weighted by Gasteiger charge is -2.29. The van der Waals surface area contributed by atoms with Crippen molar-refractivity contribution in [3.63, 3.8) is 0 Å². The van der Waals surface area contributed by atoms with Gasteiger partial charge in [0, 0.05) is 17.9 Å². The average Bonchev–Trinajstić information content (AvgIpc) is 2.59. The van der Waals surface area contributed by atoms with Crippen LogP contribution in [0.1, 0.15) is 12.0 Å².